The third kappa shape index (κ3) is 2.90. The van der Waals surface area contributed by atoms with E-state index in [9.17, 15) is 8.42 Å². The number of nitrogens with zero attached hydrogens (tertiary/aromatic N) is 2. The molecule has 0 aliphatic heterocycles. The smallest absolute Gasteiger partial charge is 0.267 e. The highest BCUT2D eigenvalue weighted by Crippen LogP contribution is 2.32. The summed E-state index contributed by atoms with van der Waals surface area (Å²) in [6, 6.07) is 1.52. The summed E-state index contributed by atoms with van der Waals surface area (Å²) in [5, 5.41) is 3.20. The van der Waals surface area contributed by atoms with Crippen molar-refractivity contribution in [3.05, 3.63) is 27.3 Å². The lowest BCUT2D eigenvalue weighted by Gasteiger charge is -2.10. The van der Waals surface area contributed by atoms with Crippen LogP contribution in [0.1, 0.15) is 17.0 Å². The van der Waals surface area contributed by atoms with Gasteiger partial charge in [0.1, 0.15) is 10.7 Å². The summed E-state index contributed by atoms with van der Waals surface area (Å²) < 4.78 is 28.2. The Bertz CT molecular complexity index is 767. The van der Waals surface area contributed by atoms with E-state index in [1.54, 1.807) is 13.2 Å². The van der Waals surface area contributed by atoms with E-state index in [0.29, 0.717) is 15.4 Å². The maximum Gasteiger partial charge on any atom is 0.267 e. The van der Waals surface area contributed by atoms with Crippen LogP contribution >= 0.6 is 27.3 Å². The molecule has 112 valence electrons. The lowest BCUT2D eigenvalue weighted by atomic mass is 10.4. The van der Waals surface area contributed by atoms with Crippen molar-refractivity contribution in [1.82, 2.24) is 9.97 Å². The fourth-order valence-corrected chi connectivity index (χ4v) is 5.17. The van der Waals surface area contributed by atoms with Gasteiger partial charge in [-0.05, 0) is 41.3 Å². The molecule has 3 rings (SSSR count). The molecule has 0 radical (unpaired) electrons. The number of fused-ring (bicyclic) bond motifs is 1. The molecule has 0 amide bonds. The summed E-state index contributed by atoms with van der Waals surface area (Å²) in [7, 11) is -2.09. The first kappa shape index (κ1) is 14.7. The number of nitrogens with one attached hydrogen (secondary N) is 2. The zero-order valence-corrected chi connectivity index (χ0v) is 14.4. The highest BCUT2D eigenvalue weighted by Gasteiger charge is 2.23. The Labute approximate surface area is 135 Å². The normalized spacial score (nSPS) is 14.0. The summed E-state index contributed by atoms with van der Waals surface area (Å²) >= 11 is 4.65. The van der Waals surface area contributed by atoms with Gasteiger partial charge in [0.25, 0.3) is 10.0 Å². The minimum absolute atomic E-state index is 0.0923. The van der Waals surface area contributed by atoms with Crippen LogP contribution in [0.15, 0.2) is 21.6 Å². The van der Waals surface area contributed by atoms with Crippen LogP contribution in [0.5, 0.6) is 0 Å². The molecule has 0 atom stereocenters. The van der Waals surface area contributed by atoms with E-state index in [2.05, 4.69) is 35.9 Å². The van der Waals surface area contributed by atoms with Crippen molar-refractivity contribution < 1.29 is 8.42 Å². The van der Waals surface area contributed by atoms with Crippen LogP contribution in [0.2, 0.25) is 0 Å². The second-order valence-corrected chi connectivity index (χ2v) is 8.25. The summed E-state index contributed by atoms with van der Waals surface area (Å²) in [6.07, 6.45) is 4.55. The van der Waals surface area contributed by atoms with Crippen LogP contribution in [0.3, 0.4) is 0 Å². The Morgan fingerprint density at radius 1 is 1.38 bits per heavy atom. The Balaban J connectivity index is 1.94. The van der Waals surface area contributed by atoms with Gasteiger partial charge in [-0.15, -0.1) is 11.3 Å². The van der Waals surface area contributed by atoms with E-state index in [1.807, 2.05) is 0 Å². The van der Waals surface area contributed by atoms with Crippen LogP contribution in [0, 0.1) is 0 Å². The molecule has 2 aromatic rings. The molecular weight excluding hydrogens is 376 g/mol. The Morgan fingerprint density at radius 3 is 2.90 bits per heavy atom. The molecule has 2 N–H and O–H groups in total. The standard InChI is InChI=1S/C12H13BrN4O2S2/c1-14-11-10(5-7(13)6-15-11)21(18,19)17-12-16-8-3-2-4-9(8)20-12/h5-6H,2-4H2,1H3,(H,14,15)(H,16,17). The van der Waals surface area contributed by atoms with Crippen molar-refractivity contribution in [2.75, 3.05) is 17.1 Å². The van der Waals surface area contributed by atoms with Crippen molar-refractivity contribution in [1.29, 1.82) is 0 Å². The number of sulfonamides is 1. The van der Waals surface area contributed by atoms with E-state index in [-0.39, 0.29) is 4.90 Å². The summed E-state index contributed by atoms with van der Waals surface area (Å²) in [5.41, 5.74) is 1.01. The third-order valence-corrected chi connectivity index (χ3v) is 6.15. The van der Waals surface area contributed by atoms with Gasteiger partial charge in [0.05, 0.1) is 5.69 Å². The van der Waals surface area contributed by atoms with Crippen molar-refractivity contribution in [2.24, 2.45) is 0 Å². The maximum absolute atomic E-state index is 12.5. The number of rotatable bonds is 4. The van der Waals surface area contributed by atoms with Gasteiger partial charge in [0.15, 0.2) is 5.13 Å². The van der Waals surface area contributed by atoms with Crippen LogP contribution in [-0.2, 0) is 22.9 Å². The quantitative estimate of drug-likeness (QED) is 0.840. The highest BCUT2D eigenvalue weighted by molar-refractivity contribution is 9.10. The van der Waals surface area contributed by atoms with Crippen molar-refractivity contribution >= 4 is 48.2 Å². The molecule has 0 saturated heterocycles. The van der Waals surface area contributed by atoms with E-state index in [4.69, 9.17) is 0 Å². The number of halogens is 1. The molecule has 1 aliphatic rings. The molecule has 1 aliphatic carbocycles. The van der Waals surface area contributed by atoms with E-state index < -0.39 is 10.0 Å². The van der Waals surface area contributed by atoms with E-state index >= 15 is 0 Å². The van der Waals surface area contributed by atoms with Crippen molar-refractivity contribution in [2.45, 2.75) is 24.2 Å². The SMILES string of the molecule is CNc1ncc(Br)cc1S(=O)(=O)Nc1nc2c(s1)CCC2. The summed E-state index contributed by atoms with van der Waals surface area (Å²) in [4.78, 5) is 9.68. The van der Waals surface area contributed by atoms with Crippen LogP contribution in [-0.4, -0.2) is 25.4 Å². The Hall–Kier alpha value is -1.19. The maximum atomic E-state index is 12.5. The molecule has 2 heterocycles. The molecule has 0 spiro atoms. The first-order valence-corrected chi connectivity index (χ1v) is 9.43. The van der Waals surface area contributed by atoms with Gasteiger partial charge in [-0.2, -0.15) is 0 Å². The fraction of sp³-hybridized carbons (Fsp3) is 0.333. The largest absolute Gasteiger partial charge is 0.372 e. The first-order chi connectivity index (χ1) is 9.99. The molecule has 9 heteroatoms. The number of anilines is 2. The molecule has 2 aromatic heterocycles. The molecule has 0 fully saturated rings. The van der Waals surface area contributed by atoms with Crippen molar-refractivity contribution in [3.63, 3.8) is 0 Å². The number of pyridine rings is 1. The van der Waals surface area contributed by atoms with E-state index in [0.717, 1.165) is 25.0 Å². The van der Waals surface area contributed by atoms with Crippen molar-refractivity contribution in [3.8, 4) is 0 Å². The molecule has 0 bridgehead atoms. The van der Waals surface area contributed by atoms with Crippen LogP contribution < -0.4 is 10.0 Å². The number of aromatic nitrogens is 2. The van der Waals surface area contributed by atoms with Gasteiger partial charge < -0.3 is 5.32 Å². The predicted octanol–water partition coefficient (Wildman–Crippen LogP) is 2.63. The number of aryl methyl sites for hydroxylation is 2. The zero-order chi connectivity index (χ0) is 15.0. The van der Waals surface area contributed by atoms with Gasteiger partial charge in [-0.25, -0.2) is 18.4 Å². The second-order valence-electron chi connectivity index (χ2n) is 4.60. The molecule has 0 unspecified atom stereocenters. The van der Waals surface area contributed by atoms with E-state index in [1.165, 1.54) is 22.3 Å². The second kappa shape index (κ2) is 5.54. The Morgan fingerprint density at radius 2 is 2.19 bits per heavy atom. The average molecular weight is 389 g/mol. The molecule has 21 heavy (non-hydrogen) atoms. The molecular formula is C12H13BrN4O2S2. The number of hydrogen-bond acceptors (Lipinski definition) is 6. The van der Waals surface area contributed by atoms with Gasteiger partial charge >= 0.3 is 0 Å². The first-order valence-electron chi connectivity index (χ1n) is 6.34. The molecule has 0 aromatic carbocycles. The monoisotopic (exact) mass is 388 g/mol. The molecule has 6 nitrogen and oxygen atoms in total. The fourth-order valence-electron chi connectivity index (χ4n) is 2.22. The third-order valence-electron chi connectivity index (χ3n) is 3.16. The summed E-state index contributed by atoms with van der Waals surface area (Å²) in [6.45, 7) is 0. The van der Waals surface area contributed by atoms with Crippen LogP contribution in [0.25, 0.3) is 0 Å². The minimum atomic E-state index is -3.72. The zero-order valence-electron chi connectivity index (χ0n) is 11.2. The highest BCUT2D eigenvalue weighted by atomic mass is 79.9. The predicted molar refractivity (Wildman–Crippen MR) is 86.4 cm³/mol. The minimum Gasteiger partial charge on any atom is -0.372 e. The average Bonchev–Trinajstić information content (AvgIpc) is 2.99. The van der Waals surface area contributed by atoms with Gasteiger partial charge in [0, 0.05) is 22.6 Å². The van der Waals surface area contributed by atoms with Gasteiger partial charge in [-0.1, -0.05) is 0 Å². The molecule has 0 saturated carbocycles. The van der Waals surface area contributed by atoms with Gasteiger partial charge in [0.2, 0.25) is 0 Å². The summed E-state index contributed by atoms with van der Waals surface area (Å²) in [5.74, 6) is 0.301. The van der Waals surface area contributed by atoms with Gasteiger partial charge in [-0.3, -0.25) is 4.72 Å². The number of thiazole rings is 1. The Kier molecular flexibility index (Phi) is 3.89. The van der Waals surface area contributed by atoms with Crippen LogP contribution in [0.4, 0.5) is 10.9 Å². The number of hydrogen-bond donors (Lipinski definition) is 2. The lowest BCUT2D eigenvalue weighted by Crippen LogP contribution is -2.15. The lowest BCUT2D eigenvalue weighted by molar-refractivity contribution is 0.601. The topological polar surface area (TPSA) is 84.0 Å².